The summed E-state index contributed by atoms with van der Waals surface area (Å²) in [6.07, 6.45) is 3.37. The lowest BCUT2D eigenvalue weighted by atomic mass is 9.71. The predicted octanol–water partition coefficient (Wildman–Crippen LogP) is 4.05. The molecule has 1 aliphatic heterocycles. The monoisotopic (exact) mass is 394 g/mol. The highest BCUT2D eigenvalue weighted by Gasteiger charge is 2.32. The molecule has 2 fully saturated rings. The highest BCUT2D eigenvalue weighted by Crippen LogP contribution is 2.39. The SMILES string of the molecule is C[C@@H]1C[C@@H](OC[C@@H](O)CN2CCN(c3cccc(Cl)c3)CC2)CC(C)(C)C1. The van der Waals surface area contributed by atoms with Crippen LogP contribution in [0.2, 0.25) is 5.02 Å². The van der Waals surface area contributed by atoms with E-state index in [-0.39, 0.29) is 6.10 Å². The number of β-amino-alcohol motifs (C(OH)–C–C–N with tert-alkyl or cyclic N) is 1. The van der Waals surface area contributed by atoms with Crippen LogP contribution >= 0.6 is 11.6 Å². The van der Waals surface area contributed by atoms with E-state index in [9.17, 15) is 5.11 Å². The minimum absolute atomic E-state index is 0.290. The summed E-state index contributed by atoms with van der Waals surface area (Å²) >= 11 is 6.10. The van der Waals surface area contributed by atoms with Gasteiger partial charge in [0.15, 0.2) is 0 Å². The zero-order valence-corrected chi connectivity index (χ0v) is 17.8. The summed E-state index contributed by atoms with van der Waals surface area (Å²) in [6, 6.07) is 8.04. The molecule has 3 atom stereocenters. The second-order valence-corrected chi connectivity index (χ2v) is 9.73. The summed E-state index contributed by atoms with van der Waals surface area (Å²) in [5.41, 5.74) is 1.53. The number of hydrogen-bond donors (Lipinski definition) is 1. The van der Waals surface area contributed by atoms with E-state index in [0.29, 0.717) is 24.5 Å². The highest BCUT2D eigenvalue weighted by atomic mass is 35.5. The van der Waals surface area contributed by atoms with Gasteiger partial charge in [-0.1, -0.05) is 38.4 Å². The normalized spacial score (nSPS) is 27.5. The van der Waals surface area contributed by atoms with Crippen LogP contribution in [0.1, 0.15) is 40.0 Å². The van der Waals surface area contributed by atoms with E-state index < -0.39 is 6.10 Å². The lowest BCUT2D eigenvalue weighted by Crippen LogP contribution is -2.49. The van der Waals surface area contributed by atoms with Gasteiger partial charge < -0.3 is 14.7 Å². The van der Waals surface area contributed by atoms with Crippen molar-refractivity contribution in [3.63, 3.8) is 0 Å². The molecule has 0 spiro atoms. The summed E-state index contributed by atoms with van der Waals surface area (Å²) in [5.74, 6) is 0.704. The number of aliphatic hydroxyl groups excluding tert-OH is 1. The zero-order valence-electron chi connectivity index (χ0n) is 17.0. The Balaban J connectivity index is 1.39. The lowest BCUT2D eigenvalue weighted by Gasteiger charge is -2.39. The number of anilines is 1. The van der Waals surface area contributed by atoms with E-state index in [1.54, 1.807) is 0 Å². The molecule has 5 heteroatoms. The van der Waals surface area contributed by atoms with Crippen LogP contribution in [-0.2, 0) is 4.74 Å². The smallest absolute Gasteiger partial charge is 0.0900 e. The van der Waals surface area contributed by atoms with Crippen LogP contribution in [0.25, 0.3) is 0 Å². The van der Waals surface area contributed by atoms with Gasteiger partial charge in [-0.15, -0.1) is 0 Å². The van der Waals surface area contributed by atoms with Gasteiger partial charge in [0.05, 0.1) is 18.8 Å². The number of piperazine rings is 1. The van der Waals surface area contributed by atoms with Crippen molar-refractivity contribution < 1.29 is 9.84 Å². The summed E-state index contributed by atoms with van der Waals surface area (Å²) in [4.78, 5) is 4.69. The fourth-order valence-corrected chi connectivity index (χ4v) is 5.03. The molecule has 3 rings (SSSR count). The fourth-order valence-electron chi connectivity index (χ4n) is 4.84. The van der Waals surface area contributed by atoms with Crippen molar-refractivity contribution in [3.05, 3.63) is 29.3 Å². The molecule has 1 saturated heterocycles. The summed E-state index contributed by atoms with van der Waals surface area (Å²) in [7, 11) is 0. The predicted molar refractivity (Wildman–Crippen MR) is 113 cm³/mol. The number of benzene rings is 1. The summed E-state index contributed by atoms with van der Waals surface area (Å²) in [6.45, 7) is 11.9. The topological polar surface area (TPSA) is 35.9 Å². The molecule has 4 nitrogen and oxygen atoms in total. The van der Waals surface area contributed by atoms with E-state index >= 15 is 0 Å². The number of nitrogens with zero attached hydrogens (tertiary/aromatic N) is 2. The molecular formula is C22H35ClN2O2. The van der Waals surface area contributed by atoms with Crippen LogP contribution in [-0.4, -0.2) is 61.5 Å². The molecule has 0 bridgehead atoms. The van der Waals surface area contributed by atoms with Gasteiger partial charge in [-0.05, 0) is 48.8 Å². The van der Waals surface area contributed by atoms with Crippen LogP contribution in [0.4, 0.5) is 5.69 Å². The first-order valence-electron chi connectivity index (χ1n) is 10.3. The van der Waals surface area contributed by atoms with E-state index in [4.69, 9.17) is 16.3 Å². The second-order valence-electron chi connectivity index (χ2n) is 9.29. The van der Waals surface area contributed by atoms with Crippen molar-refractivity contribution in [2.24, 2.45) is 11.3 Å². The largest absolute Gasteiger partial charge is 0.389 e. The Hall–Kier alpha value is -0.810. The van der Waals surface area contributed by atoms with Gasteiger partial charge in [0.25, 0.3) is 0 Å². The Labute approximate surface area is 169 Å². The first-order chi connectivity index (χ1) is 12.8. The average molecular weight is 395 g/mol. The van der Waals surface area contributed by atoms with Crippen LogP contribution in [0.15, 0.2) is 24.3 Å². The van der Waals surface area contributed by atoms with Gasteiger partial charge in [-0.3, -0.25) is 4.90 Å². The van der Waals surface area contributed by atoms with Crippen LogP contribution in [0.5, 0.6) is 0 Å². The van der Waals surface area contributed by atoms with Crippen LogP contribution < -0.4 is 4.90 Å². The van der Waals surface area contributed by atoms with Crippen molar-refractivity contribution in [2.75, 3.05) is 44.2 Å². The Morgan fingerprint density at radius 2 is 1.96 bits per heavy atom. The molecule has 1 aliphatic carbocycles. The van der Waals surface area contributed by atoms with Gasteiger partial charge in [0, 0.05) is 43.4 Å². The molecule has 0 amide bonds. The van der Waals surface area contributed by atoms with Crippen LogP contribution in [0, 0.1) is 11.3 Å². The van der Waals surface area contributed by atoms with Crippen molar-refractivity contribution in [2.45, 2.75) is 52.2 Å². The van der Waals surface area contributed by atoms with E-state index in [1.807, 2.05) is 18.2 Å². The first-order valence-corrected chi connectivity index (χ1v) is 10.7. The van der Waals surface area contributed by atoms with Gasteiger partial charge >= 0.3 is 0 Å². The Kier molecular flexibility index (Phi) is 7.07. The number of aliphatic hydroxyl groups is 1. The molecule has 27 heavy (non-hydrogen) atoms. The quantitative estimate of drug-likeness (QED) is 0.789. The molecule has 152 valence electrons. The number of halogens is 1. The van der Waals surface area contributed by atoms with Crippen molar-refractivity contribution in [3.8, 4) is 0 Å². The van der Waals surface area contributed by atoms with Gasteiger partial charge in [0.2, 0.25) is 0 Å². The molecule has 1 aromatic carbocycles. The van der Waals surface area contributed by atoms with Crippen molar-refractivity contribution in [1.29, 1.82) is 0 Å². The van der Waals surface area contributed by atoms with E-state index in [2.05, 4.69) is 36.6 Å². The Morgan fingerprint density at radius 3 is 2.63 bits per heavy atom. The maximum absolute atomic E-state index is 10.4. The molecule has 0 aromatic heterocycles. The molecule has 1 N–H and O–H groups in total. The van der Waals surface area contributed by atoms with E-state index in [0.717, 1.165) is 44.0 Å². The van der Waals surface area contributed by atoms with Gasteiger partial charge in [0.1, 0.15) is 0 Å². The maximum Gasteiger partial charge on any atom is 0.0900 e. The van der Waals surface area contributed by atoms with Crippen molar-refractivity contribution in [1.82, 2.24) is 4.90 Å². The van der Waals surface area contributed by atoms with Gasteiger partial charge in [-0.2, -0.15) is 0 Å². The van der Waals surface area contributed by atoms with Gasteiger partial charge in [-0.25, -0.2) is 0 Å². The molecule has 1 saturated carbocycles. The lowest BCUT2D eigenvalue weighted by molar-refractivity contribution is -0.0615. The molecule has 0 radical (unpaired) electrons. The molecule has 2 aliphatic rings. The zero-order chi connectivity index (χ0) is 19.4. The molecule has 1 heterocycles. The minimum atomic E-state index is -0.414. The molecule has 0 unspecified atom stereocenters. The molecule has 1 aromatic rings. The third-order valence-electron chi connectivity index (χ3n) is 5.89. The highest BCUT2D eigenvalue weighted by molar-refractivity contribution is 6.30. The van der Waals surface area contributed by atoms with E-state index in [1.165, 1.54) is 12.1 Å². The summed E-state index contributed by atoms with van der Waals surface area (Å²) < 4.78 is 6.09. The first kappa shape index (κ1) is 20.9. The molecular weight excluding hydrogens is 360 g/mol. The fraction of sp³-hybridized carbons (Fsp3) is 0.727. The second kappa shape index (κ2) is 9.13. The standard InChI is InChI=1S/C22H35ClN2O2/c1-17-11-21(14-22(2,3)13-17)27-16-20(26)15-24-7-9-25(10-8-24)19-6-4-5-18(23)12-19/h4-6,12,17,20-21,26H,7-11,13-16H2,1-3H3/t17-,20+,21-/m1/s1. The number of ether oxygens (including phenoxy) is 1. The Morgan fingerprint density at radius 1 is 1.22 bits per heavy atom. The third-order valence-corrected chi connectivity index (χ3v) is 6.12. The maximum atomic E-state index is 10.4. The average Bonchev–Trinajstić information content (AvgIpc) is 2.59. The summed E-state index contributed by atoms with van der Waals surface area (Å²) in [5, 5.41) is 11.2. The number of rotatable bonds is 6. The third kappa shape index (κ3) is 6.35. The minimum Gasteiger partial charge on any atom is -0.389 e. The van der Waals surface area contributed by atoms with Crippen LogP contribution in [0.3, 0.4) is 0 Å². The van der Waals surface area contributed by atoms with Crippen molar-refractivity contribution >= 4 is 17.3 Å². The number of hydrogen-bond acceptors (Lipinski definition) is 4. The Bertz CT molecular complexity index is 602.